The number of nitrogens with two attached hydrogens (primary N) is 1. The van der Waals surface area contributed by atoms with Crippen LogP contribution in [0.4, 0.5) is 5.69 Å². The third kappa shape index (κ3) is 3.47. The molecule has 0 aliphatic heterocycles. The van der Waals surface area contributed by atoms with E-state index in [1.54, 1.807) is 14.2 Å². The zero-order valence-corrected chi connectivity index (χ0v) is 12.7. The predicted octanol–water partition coefficient (Wildman–Crippen LogP) is 3.60. The van der Waals surface area contributed by atoms with Gasteiger partial charge in [-0.3, -0.25) is 0 Å². The van der Waals surface area contributed by atoms with Crippen molar-refractivity contribution >= 4 is 23.1 Å². The minimum atomic E-state index is 0.195. The first kappa shape index (κ1) is 15.2. The highest BCUT2D eigenvalue weighted by Gasteiger charge is 2.09. The second-order valence-corrected chi connectivity index (χ2v) is 4.59. The molecule has 0 aliphatic rings. The van der Waals surface area contributed by atoms with E-state index in [9.17, 15) is 0 Å². The van der Waals surface area contributed by atoms with Crippen molar-refractivity contribution in [1.82, 2.24) is 0 Å². The van der Waals surface area contributed by atoms with Gasteiger partial charge in [0.1, 0.15) is 5.84 Å². The number of para-hydroxylation sites is 1. The number of halogens is 1. The van der Waals surface area contributed by atoms with Crippen molar-refractivity contribution in [2.75, 3.05) is 20.1 Å². The zero-order chi connectivity index (χ0) is 15.2. The predicted molar refractivity (Wildman–Crippen MR) is 87.0 cm³/mol. The van der Waals surface area contributed by atoms with Gasteiger partial charge >= 0.3 is 0 Å². The molecule has 0 spiro atoms. The lowest BCUT2D eigenvalue weighted by molar-refractivity contribution is 0.355. The monoisotopic (exact) mass is 304 g/mol. The van der Waals surface area contributed by atoms with Gasteiger partial charge in [-0.25, -0.2) is 4.99 Å². The van der Waals surface area contributed by atoms with Crippen molar-refractivity contribution in [1.29, 1.82) is 0 Å². The van der Waals surface area contributed by atoms with Gasteiger partial charge in [-0.05, 0) is 23.8 Å². The number of nitrogens with zero attached hydrogens (tertiary/aromatic N) is 1. The fourth-order valence-corrected chi connectivity index (χ4v) is 2.06. The maximum Gasteiger partial charge on any atom is 0.161 e. The molecule has 0 saturated carbocycles. The quantitative estimate of drug-likeness (QED) is 0.521. The van der Waals surface area contributed by atoms with Gasteiger partial charge in [-0.15, -0.1) is 11.6 Å². The molecular formula is C16H17ClN2O2. The molecule has 4 nitrogen and oxygen atoms in total. The molecule has 2 N–H and O–H groups in total. The molecule has 0 saturated heterocycles. The molecule has 21 heavy (non-hydrogen) atoms. The maximum atomic E-state index is 5.73. The van der Waals surface area contributed by atoms with Crippen LogP contribution >= 0.6 is 11.6 Å². The number of amidine groups is 1. The number of hydrogen-bond acceptors (Lipinski definition) is 3. The molecule has 0 bridgehead atoms. The van der Waals surface area contributed by atoms with E-state index in [0.29, 0.717) is 17.3 Å². The lowest BCUT2D eigenvalue weighted by Crippen LogP contribution is -2.12. The van der Waals surface area contributed by atoms with Crippen LogP contribution < -0.4 is 15.2 Å². The highest BCUT2D eigenvalue weighted by atomic mass is 35.5. The summed E-state index contributed by atoms with van der Waals surface area (Å²) in [7, 11) is 3.22. The lowest BCUT2D eigenvalue weighted by atomic mass is 10.0. The van der Waals surface area contributed by atoms with Gasteiger partial charge in [0.25, 0.3) is 0 Å². The molecule has 0 unspecified atom stereocenters. The first-order chi connectivity index (χ1) is 10.2. The molecule has 0 radical (unpaired) electrons. The molecular weight excluding hydrogens is 288 g/mol. The van der Waals surface area contributed by atoms with Gasteiger partial charge in [-0.2, -0.15) is 0 Å². The number of methoxy groups -OCH3 is 2. The third-order valence-corrected chi connectivity index (χ3v) is 3.27. The number of rotatable bonds is 5. The molecule has 0 fully saturated rings. The molecule has 110 valence electrons. The van der Waals surface area contributed by atoms with E-state index in [-0.39, 0.29) is 5.88 Å². The number of ether oxygens (including phenoxy) is 2. The van der Waals surface area contributed by atoms with Gasteiger partial charge in [0.2, 0.25) is 0 Å². The highest BCUT2D eigenvalue weighted by Crippen LogP contribution is 2.36. The fourth-order valence-electron chi connectivity index (χ4n) is 2.00. The molecule has 0 atom stereocenters. The topological polar surface area (TPSA) is 56.8 Å². The number of hydrogen-bond donors (Lipinski definition) is 1. The van der Waals surface area contributed by atoms with E-state index in [2.05, 4.69) is 4.99 Å². The van der Waals surface area contributed by atoms with Crippen LogP contribution in [0.15, 0.2) is 47.5 Å². The van der Waals surface area contributed by atoms with Crippen molar-refractivity contribution in [2.45, 2.75) is 0 Å². The van der Waals surface area contributed by atoms with Crippen LogP contribution in [0.1, 0.15) is 0 Å². The van der Waals surface area contributed by atoms with E-state index >= 15 is 0 Å². The van der Waals surface area contributed by atoms with Crippen molar-refractivity contribution in [3.63, 3.8) is 0 Å². The van der Waals surface area contributed by atoms with Gasteiger partial charge in [0.15, 0.2) is 11.5 Å². The average molecular weight is 305 g/mol. The Morgan fingerprint density at radius 1 is 1.10 bits per heavy atom. The second-order valence-electron chi connectivity index (χ2n) is 4.32. The first-order valence-corrected chi connectivity index (χ1v) is 6.93. The summed E-state index contributed by atoms with van der Waals surface area (Å²) in [6.07, 6.45) is 0. The van der Waals surface area contributed by atoms with Gasteiger partial charge in [-0.1, -0.05) is 24.3 Å². The maximum absolute atomic E-state index is 5.73. The number of benzene rings is 2. The molecule has 2 aromatic carbocycles. The molecule has 2 rings (SSSR count). The summed E-state index contributed by atoms with van der Waals surface area (Å²) in [6, 6.07) is 13.4. The summed E-state index contributed by atoms with van der Waals surface area (Å²) in [5.74, 6) is 1.92. The normalized spacial score (nSPS) is 11.3. The summed E-state index contributed by atoms with van der Waals surface area (Å²) in [6.45, 7) is 0. The Balaban J connectivity index is 2.52. The number of aliphatic imine (C=N–C) groups is 1. The van der Waals surface area contributed by atoms with Crippen LogP contribution in [0.3, 0.4) is 0 Å². The lowest BCUT2D eigenvalue weighted by Gasteiger charge is -2.11. The van der Waals surface area contributed by atoms with Crippen LogP contribution in [0.2, 0.25) is 0 Å². The van der Waals surface area contributed by atoms with E-state index in [4.69, 9.17) is 26.8 Å². The van der Waals surface area contributed by atoms with E-state index < -0.39 is 0 Å². The van der Waals surface area contributed by atoms with Crippen LogP contribution in [-0.2, 0) is 0 Å². The minimum Gasteiger partial charge on any atom is -0.493 e. The highest BCUT2D eigenvalue weighted by molar-refractivity contribution is 6.28. The van der Waals surface area contributed by atoms with E-state index in [1.165, 1.54) is 0 Å². The Hall–Kier alpha value is -2.20. The van der Waals surface area contributed by atoms with Gasteiger partial charge in [0.05, 0.1) is 25.8 Å². The molecule has 0 aromatic heterocycles. The average Bonchev–Trinajstić information content (AvgIpc) is 2.54. The van der Waals surface area contributed by atoms with E-state index in [0.717, 1.165) is 16.8 Å². The molecule has 0 amide bonds. The SMILES string of the molecule is COc1ccc(-c2ccccc2N=C(N)CCl)cc1OC. The summed E-state index contributed by atoms with van der Waals surface area (Å²) >= 11 is 5.70. The Labute approximate surface area is 129 Å². The molecule has 0 aliphatic carbocycles. The number of alkyl halides is 1. The van der Waals surface area contributed by atoms with Crippen LogP contribution in [0.25, 0.3) is 11.1 Å². The van der Waals surface area contributed by atoms with Gasteiger partial charge in [0, 0.05) is 5.56 Å². The van der Waals surface area contributed by atoms with Crippen molar-refractivity contribution in [3.8, 4) is 22.6 Å². The standard InChI is InChI=1S/C16H17ClN2O2/c1-20-14-8-7-11(9-15(14)21-2)12-5-3-4-6-13(12)19-16(18)10-17/h3-9H,10H2,1-2H3,(H2,18,19). The van der Waals surface area contributed by atoms with E-state index in [1.807, 2.05) is 42.5 Å². The van der Waals surface area contributed by atoms with Crippen LogP contribution in [-0.4, -0.2) is 25.9 Å². The van der Waals surface area contributed by atoms with Gasteiger partial charge < -0.3 is 15.2 Å². The first-order valence-electron chi connectivity index (χ1n) is 6.40. The molecule has 5 heteroatoms. The second kappa shape index (κ2) is 6.99. The summed E-state index contributed by atoms with van der Waals surface area (Å²) in [5.41, 5.74) is 8.41. The third-order valence-electron chi connectivity index (χ3n) is 3.00. The Morgan fingerprint density at radius 2 is 1.81 bits per heavy atom. The summed E-state index contributed by atoms with van der Waals surface area (Å²) < 4.78 is 10.6. The summed E-state index contributed by atoms with van der Waals surface area (Å²) in [5, 5.41) is 0. The smallest absolute Gasteiger partial charge is 0.161 e. The summed E-state index contributed by atoms with van der Waals surface area (Å²) in [4.78, 5) is 4.34. The minimum absolute atomic E-state index is 0.195. The van der Waals surface area contributed by atoms with Crippen LogP contribution in [0, 0.1) is 0 Å². The Kier molecular flexibility index (Phi) is 5.06. The fraction of sp³-hybridized carbons (Fsp3) is 0.188. The van der Waals surface area contributed by atoms with Crippen molar-refractivity contribution in [3.05, 3.63) is 42.5 Å². The zero-order valence-electron chi connectivity index (χ0n) is 12.0. The Morgan fingerprint density at radius 3 is 2.48 bits per heavy atom. The molecule has 0 heterocycles. The Bertz CT molecular complexity index is 656. The largest absolute Gasteiger partial charge is 0.493 e. The van der Waals surface area contributed by atoms with Crippen LogP contribution in [0.5, 0.6) is 11.5 Å². The molecule has 2 aromatic rings. The van der Waals surface area contributed by atoms with Crippen molar-refractivity contribution in [2.24, 2.45) is 10.7 Å². The van der Waals surface area contributed by atoms with Crippen molar-refractivity contribution < 1.29 is 9.47 Å².